The Balaban J connectivity index is 2.42. The number of hydrogen-bond acceptors (Lipinski definition) is 5. The molecule has 126 valence electrons. The lowest BCUT2D eigenvalue weighted by Crippen LogP contribution is -2.43. The Morgan fingerprint density at radius 1 is 1.55 bits per heavy atom. The molecule has 1 heterocycles. The number of rotatable bonds is 7. The number of amides is 1. The molecule has 22 heavy (non-hydrogen) atoms. The first-order valence-electron chi connectivity index (χ1n) is 7.27. The lowest BCUT2D eigenvalue weighted by Gasteiger charge is -2.28. The summed E-state index contributed by atoms with van der Waals surface area (Å²) in [6.45, 7) is 9.30. The number of ether oxygens (including phenoxy) is 1. The summed E-state index contributed by atoms with van der Waals surface area (Å²) in [5.41, 5.74) is 0.668. The van der Waals surface area contributed by atoms with Gasteiger partial charge in [0.05, 0.1) is 9.89 Å². The van der Waals surface area contributed by atoms with Gasteiger partial charge in [0.15, 0.2) is 0 Å². The summed E-state index contributed by atoms with van der Waals surface area (Å²) >= 11 is 5.08. The smallest absolute Gasteiger partial charge is 0.410 e. The molecule has 1 amide bonds. The Labute approximate surface area is 144 Å². The van der Waals surface area contributed by atoms with Gasteiger partial charge in [-0.25, -0.2) is 4.79 Å². The van der Waals surface area contributed by atoms with Gasteiger partial charge in [-0.05, 0) is 60.6 Å². The van der Waals surface area contributed by atoms with Crippen molar-refractivity contribution in [3.63, 3.8) is 0 Å². The zero-order valence-electron chi connectivity index (χ0n) is 13.6. The second kappa shape index (κ2) is 8.86. The van der Waals surface area contributed by atoms with Crippen LogP contribution < -0.4 is 5.32 Å². The predicted octanol–water partition coefficient (Wildman–Crippen LogP) is 3.22. The standard InChI is InChI=1S/C15H25BrN2O3S/c1-11(19)9-18(14(20)21-15(2,3)4)6-5-17-8-12-7-13(16)22-10-12/h7,10-11,17,19H,5-6,8-9H2,1-4H3. The fourth-order valence-corrected chi connectivity index (χ4v) is 3.00. The zero-order chi connectivity index (χ0) is 16.8. The highest BCUT2D eigenvalue weighted by atomic mass is 79.9. The summed E-state index contributed by atoms with van der Waals surface area (Å²) in [5.74, 6) is 0. The van der Waals surface area contributed by atoms with Gasteiger partial charge in [-0.15, -0.1) is 11.3 Å². The topological polar surface area (TPSA) is 61.8 Å². The summed E-state index contributed by atoms with van der Waals surface area (Å²) in [5, 5.41) is 14.9. The summed E-state index contributed by atoms with van der Waals surface area (Å²) in [6, 6.07) is 2.07. The van der Waals surface area contributed by atoms with Crippen LogP contribution in [0.3, 0.4) is 0 Å². The average molecular weight is 393 g/mol. The Morgan fingerprint density at radius 2 is 2.23 bits per heavy atom. The summed E-state index contributed by atoms with van der Waals surface area (Å²) in [4.78, 5) is 13.7. The molecule has 0 aromatic carbocycles. The largest absolute Gasteiger partial charge is 0.444 e. The first-order valence-corrected chi connectivity index (χ1v) is 8.94. The Morgan fingerprint density at radius 3 is 2.73 bits per heavy atom. The van der Waals surface area contributed by atoms with E-state index in [1.54, 1.807) is 18.3 Å². The molecule has 0 spiro atoms. The van der Waals surface area contributed by atoms with Gasteiger partial charge in [0, 0.05) is 26.2 Å². The van der Waals surface area contributed by atoms with Crippen LogP contribution in [0.15, 0.2) is 15.2 Å². The van der Waals surface area contributed by atoms with Gasteiger partial charge in [0.25, 0.3) is 0 Å². The van der Waals surface area contributed by atoms with Crippen LogP contribution in [0.4, 0.5) is 4.79 Å². The Hall–Kier alpha value is -0.630. The molecule has 0 aliphatic carbocycles. The molecule has 1 aromatic heterocycles. The maximum absolute atomic E-state index is 12.1. The van der Waals surface area contributed by atoms with Gasteiger partial charge in [0.1, 0.15) is 5.60 Å². The van der Waals surface area contributed by atoms with Crippen LogP contribution in [0.25, 0.3) is 0 Å². The van der Waals surface area contributed by atoms with Crippen molar-refractivity contribution >= 4 is 33.4 Å². The number of carbonyl (C=O) groups excluding carboxylic acids is 1. The fourth-order valence-electron chi connectivity index (χ4n) is 1.79. The summed E-state index contributed by atoms with van der Waals surface area (Å²) < 4.78 is 6.47. The van der Waals surface area contributed by atoms with Crippen molar-refractivity contribution in [1.82, 2.24) is 10.2 Å². The van der Waals surface area contributed by atoms with E-state index in [1.807, 2.05) is 20.8 Å². The van der Waals surface area contributed by atoms with E-state index in [2.05, 4.69) is 32.7 Å². The molecule has 5 nitrogen and oxygen atoms in total. The second-order valence-electron chi connectivity index (χ2n) is 6.21. The molecule has 1 aromatic rings. The maximum Gasteiger partial charge on any atom is 0.410 e. The number of aliphatic hydroxyl groups excluding tert-OH is 1. The second-order valence-corrected chi connectivity index (χ2v) is 8.50. The van der Waals surface area contributed by atoms with E-state index in [0.29, 0.717) is 13.1 Å². The molecule has 7 heteroatoms. The van der Waals surface area contributed by atoms with E-state index < -0.39 is 17.8 Å². The third-order valence-electron chi connectivity index (χ3n) is 2.65. The molecule has 0 saturated carbocycles. The van der Waals surface area contributed by atoms with Gasteiger partial charge in [-0.2, -0.15) is 0 Å². The molecule has 0 radical (unpaired) electrons. The minimum absolute atomic E-state index is 0.264. The molecule has 0 aliphatic rings. The number of thiophene rings is 1. The summed E-state index contributed by atoms with van der Waals surface area (Å²) in [7, 11) is 0. The van der Waals surface area contributed by atoms with Crippen LogP contribution in [0.5, 0.6) is 0 Å². The number of aliphatic hydroxyl groups is 1. The van der Waals surface area contributed by atoms with Crippen molar-refractivity contribution < 1.29 is 14.6 Å². The average Bonchev–Trinajstić information content (AvgIpc) is 2.76. The highest BCUT2D eigenvalue weighted by molar-refractivity contribution is 9.11. The van der Waals surface area contributed by atoms with Crippen molar-refractivity contribution in [3.05, 3.63) is 20.8 Å². The molecule has 1 atom stereocenters. The molecule has 0 fully saturated rings. The van der Waals surface area contributed by atoms with Gasteiger partial charge in [-0.3, -0.25) is 0 Å². The molecule has 2 N–H and O–H groups in total. The van der Waals surface area contributed by atoms with E-state index in [4.69, 9.17) is 4.74 Å². The SMILES string of the molecule is CC(O)CN(CCNCc1csc(Br)c1)C(=O)OC(C)(C)C. The van der Waals surface area contributed by atoms with Crippen LogP contribution in [0, 0.1) is 0 Å². The van der Waals surface area contributed by atoms with Crippen LogP contribution >= 0.6 is 27.3 Å². The Bertz CT molecular complexity index is 472. The number of halogens is 1. The van der Waals surface area contributed by atoms with Gasteiger partial charge < -0.3 is 20.1 Å². The Kier molecular flexibility index (Phi) is 7.82. The van der Waals surface area contributed by atoms with Crippen LogP contribution in [0.2, 0.25) is 0 Å². The number of carbonyl (C=O) groups is 1. The minimum Gasteiger partial charge on any atom is -0.444 e. The molecule has 1 unspecified atom stereocenters. The molecular weight excluding hydrogens is 368 g/mol. The van der Waals surface area contributed by atoms with E-state index in [0.717, 1.165) is 10.3 Å². The van der Waals surface area contributed by atoms with Crippen molar-refractivity contribution in [2.75, 3.05) is 19.6 Å². The van der Waals surface area contributed by atoms with Crippen molar-refractivity contribution in [2.45, 2.75) is 45.9 Å². The number of hydrogen-bond donors (Lipinski definition) is 2. The minimum atomic E-state index is -0.583. The highest BCUT2D eigenvalue weighted by Gasteiger charge is 2.22. The van der Waals surface area contributed by atoms with E-state index in [9.17, 15) is 9.90 Å². The van der Waals surface area contributed by atoms with Crippen molar-refractivity contribution in [3.8, 4) is 0 Å². The van der Waals surface area contributed by atoms with Crippen molar-refractivity contribution in [2.24, 2.45) is 0 Å². The molecule has 1 rings (SSSR count). The number of nitrogens with one attached hydrogen (secondary N) is 1. The van der Waals surface area contributed by atoms with Crippen LogP contribution in [-0.2, 0) is 11.3 Å². The van der Waals surface area contributed by atoms with Crippen LogP contribution in [0.1, 0.15) is 33.3 Å². The van der Waals surface area contributed by atoms with E-state index >= 15 is 0 Å². The lowest BCUT2D eigenvalue weighted by atomic mass is 10.2. The first kappa shape index (κ1) is 19.4. The van der Waals surface area contributed by atoms with Crippen molar-refractivity contribution in [1.29, 1.82) is 0 Å². The van der Waals surface area contributed by atoms with Gasteiger partial charge in [0.2, 0.25) is 0 Å². The highest BCUT2D eigenvalue weighted by Crippen LogP contribution is 2.20. The monoisotopic (exact) mass is 392 g/mol. The lowest BCUT2D eigenvalue weighted by molar-refractivity contribution is 0.0164. The van der Waals surface area contributed by atoms with Gasteiger partial charge >= 0.3 is 6.09 Å². The maximum atomic E-state index is 12.1. The molecule has 0 aliphatic heterocycles. The predicted molar refractivity (Wildman–Crippen MR) is 93.2 cm³/mol. The number of nitrogens with zero attached hydrogens (tertiary/aromatic N) is 1. The molecule has 0 bridgehead atoms. The molecular formula is C15H25BrN2O3S. The van der Waals surface area contributed by atoms with Gasteiger partial charge in [-0.1, -0.05) is 0 Å². The quantitative estimate of drug-likeness (QED) is 0.699. The third kappa shape index (κ3) is 8.12. The third-order valence-corrected chi connectivity index (χ3v) is 4.20. The first-order chi connectivity index (χ1) is 10.2. The van der Waals surface area contributed by atoms with E-state index in [-0.39, 0.29) is 6.54 Å². The fraction of sp³-hybridized carbons (Fsp3) is 0.667. The normalized spacial score (nSPS) is 13.0. The van der Waals surface area contributed by atoms with E-state index in [1.165, 1.54) is 10.5 Å². The van der Waals surface area contributed by atoms with Crippen LogP contribution in [-0.4, -0.2) is 47.4 Å². The summed E-state index contributed by atoms with van der Waals surface area (Å²) in [6.07, 6.45) is -0.978. The zero-order valence-corrected chi connectivity index (χ0v) is 16.0. The molecule has 0 saturated heterocycles.